The molecule has 1 aromatic carbocycles. The first kappa shape index (κ1) is 13.3. The summed E-state index contributed by atoms with van der Waals surface area (Å²) in [4.78, 5) is 9.87. The van der Waals surface area contributed by atoms with Crippen LogP contribution in [-0.2, 0) is 13.0 Å². The number of rotatable bonds is 4. The lowest BCUT2D eigenvalue weighted by Gasteiger charge is -2.31. The van der Waals surface area contributed by atoms with E-state index in [0.29, 0.717) is 5.92 Å². The second kappa shape index (κ2) is 6.18. The maximum Gasteiger partial charge on any atom is 0.123 e. The van der Waals surface area contributed by atoms with E-state index >= 15 is 0 Å². The van der Waals surface area contributed by atoms with E-state index in [9.17, 15) is 4.39 Å². The van der Waals surface area contributed by atoms with Crippen LogP contribution in [0.1, 0.15) is 24.2 Å². The Morgan fingerprint density at radius 2 is 1.95 bits per heavy atom. The summed E-state index contributed by atoms with van der Waals surface area (Å²) in [6.07, 6.45) is 7.15. The molecular weight excluding hydrogens is 253 g/mol. The standard InChI is InChI=1S/C16H20FN3/c17-15-3-1-13(2-4-15)11-14-5-9-20(10-6-14)12-16-18-7-8-19-16/h1-4,7-8,14H,5-6,9-12H2,(H,18,19). The number of likely N-dealkylation sites (tertiary alicyclic amines) is 1. The summed E-state index contributed by atoms with van der Waals surface area (Å²) >= 11 is 0. The van der Waals surface area contributed by atoms with Crippen LogP contribution in [-0.4, -0.2) is 28.0 Å². The predicted molar refractivity (Wildman–Crippen MR) is 76.7 cm³/mol. The van der Waals surface area contributed by atoms with Gasteiger partial charge in [0.05, 0.1) is 6.54 Å². The van der Waals surface area contributed by atoms with Crippen molar-refractivity contribution in [2.75, 3.05) is 13.1 Å². The lowest BCUT2D eigenvalue weighted by atomic mass is 9.90. The van der Waals surface area contributed by atoms with E-state index in [1.165, 1.54) is 18.4 Å². The van der Waals surface area contributed by atoms with Crippen molar-refractivity contribution in [3.8, 4) is 0 Å². The van der Waals surface area contributed by atoms with Crippen molar-refractivity contribution in [3.05, 3.63) is 53.9 Å². The number of hydrogen-bond donors (Lipinski definition) is 1. The molecule has 1 aliphatic heterocycles. The van der Waals surface area contributed by atoms with Gasteiger partial charge in [-0.1, -0.05) is 12.1 Å². The molecule has 0 amide bonds. The first-order valence-corrected chi connectivity index (χ1v) is 7.24. The highest BCUT2D eigenvalue weighted by Crippen LogP contribution is 2.22. The van der Waals surface area contributed by atoms with Gasteiger partial charge in [-0.15, -0.1) is 0 Å². The zero-order valence-electron chi connectivity index (χ0n) is 11.6. The summed E-state index contributed by atoms with van der Waals surface area (Å²) in [5.41, 5.74) is 1.25. The van der Waals surface area contributed by atoms with E-state index in [-0.39, 0.29) is 5.82 Å². The second-order valence-corrected chi connectivity index (χ2v) is 5.59. The van der Waals surface area contributed by atoms with E-state index < -0.39 is 0 Å². The molecule has 1 aliphatic rings. The van der Waals surface area contributed by atoms with Crippen molar-refractivity contribution in [3.63, 3.8) is 0 Å². The van der Waals surface area contributed by atoms with Gasteiger partial charge in [0.25, 0.3) is 0 Å². The van der Waals surface area contributed by atoms with Crippen molar-refractivity contribution in [2.45, 2.75) is 25.8 Å². The lowest BCUT2D eigenvalue weighted by molar-refractivity contribution is 0.174. The van der Waals surface area contributed by atoms with Gasteiger partial charge in [0.1, 0.15) is 11.6 Å². The number of H-pyrrole nitrogens is 1. The number of hydrogen-bond acceptors (Lipinski definition) is 2. The van der Waals surface area contributed by atoms with E-state index in [2.05, 4.69) is 14.9 Å². The summed E-state index contributed by atoms with van der Waals surface area (Å²) in [6, 6.07) is 6.93. The summed E-state index contributed by atoms with van der Waals surface area (Å²) in [5.74, 6) is 1.61. The third-order valence-corrected chi connectivity index (χ3v) is 4.07. The summed E-state index contributed by atoms with van der Waals surface area (Å²) in [6.45, 7) is 3.15. The van der Waals surface area contributed by atoms with Crippen LogP contribution in [0.2, 0.25) is 0 Å². The third kappa shape index (κ3) is 3.45. The number of halogens is 1. The molecule has 2 heterocycles. The van der Waals surface area contributed by atoms with Gasteiger partial charge < -0.3 is 4.98 Å². The molecule has 4 heteroatoms. The minimum Gasteiger partial charge on any atom is -0.348 e. The highest BCUT2D eigenvalue weighted by atomic mass is 19.1. The van der Waals surface area contributed by atoms with Crippen LogP contribution in [0.25, 0.3) is 0 Å². The topological polar surface area (TPSA) is 31.9 Å². The maximum absolute atomic E-state index is 12.9. The van der Waals surface area contributed by atoms with Crippen LogP contribution in [0, 0.1) is 11.7 Å². The lowest BCUT2D eigenvalue weighted by Crippen LogP contribution is -2.34. The Labute approximate surface area is 118 Å². The van der Waals surface area contributed by atoms with Crippen molar-refractivity contribution >= 4 is 0 Å². The van der Waals surface area contributed by atoms with Crippen molar-refractivity contribution in [2.24, 2.45) is 5.92 Å². The largest absolute Gasteiger partial charge is 0.348 e. The van der Waals surface area contributed by atoms with Crippen molar-refractivity contribution in [1.29, 1.82) is 0 Å². The molecule has 3 rings (SSSR count). The number of nitrogens with zero attached hydrogens (tertiary/aromatic N) is 2. The monoisotopic (exact) mass is 273 g/mol. The molecule has 0 radical (unpaired) electrons. The Bertz CT molecular complexity index is 513. The van der Waals surface area contributed by atoms with E-state index in [1.807, 2.05) is 18.3 Å². The third-order valence-electron chi connectivity index (χ3n) is 4.07. The molecular formula is C16H20FN3. The zero-order chi connectivity index (χ0) is 13.8. The fraction of sp³-hybridized carbons (Fsp3) is 0.438. The molecule has 1 aromatic heterocycles. The van der Waals surface area contributed by atoms with E-state index in [0.717, 1.165) is 31.9 Å². The van der Waals surface area contributed by atoms with Gasteiger partial charge in [0.2, 0.25) is 0 Å². The highest BCUT2D eigenvalue weighted by Gasteiger charge is 2.19. The van der Waals surface area contributed by atoms with Crippen LogP contribution >= 0.6 is 0 Å². The summed E-state index contributed by atoms with van der Waals surface area (Å²) in [7, 11) is 0. The molecule has 0 unspecified atom stereocenters. The Morgan fingerprint density at radius 1 is 1.20 bits per heavy atom. The number of aromatic nitrogens is 2. The van der Waals surface area contributed by atoms with Crippen molar-refractivity contribution in [1.82, 2.24) is 14.9 Å². The molecule has 106 valence electrons. The number of nitrogens with one attached hydrogen (secondary N) is 1. The van der Waals surface area contributed by atoms with Crippen LogP contribution in [0.15, 0.2) is 36.7 Å². The summed E-state index contributed by atoms with van der Waals surface area (Å²) in [5, 5.41) is 0. The van der Waals surface area contributed by atoms with E-state index in [4.69, 9.17) is 0 Å². The molecule has 1 saturated heterocycles. The average Bonchev–Trinajstić information content (AvgIpc) is 2.96. The number of imidazole rings is 1. The quantitative estimate of drug-likeness (QED) is 0.928. The molecule has 3 nitrogen and oxygen atoms in total. The Balaban J connectivity index is 1.47. The van der Waals surface area contributed by atoms with Gasteiger partial charge in [-0.25, -0.2) is 9.37 Å². The van der Waals surface area contributed by atoms with Crippen LogP contribution < -0.4 is 0 Å². The average molecular weight is 273 g/mol. The van der Waals surface area contributed by atoms with Gasteiger partial charge in [-0.2, -0.15) is 0 Å². The number of benzene rings is 1. The first-order valence-electron chi connectivity index (χ1n) is 7.24. The molecule has 0 bridgehead atoms. The molecule has 0 atom stereocenters. The van der Waals surface area contributed by atoms with Gasteiger partial charge >= 0.3 is 0 Å². The Morgan fingerprint density at radius 3 is 2.60 bits per heavy atom. The molecule has 2 aromatic rings. The minimum atomic E-state index is -0.151. The van der Waals surface area contributed by atoms with Gasteiger partial charge in [-0.05, 0) is 56.0 Å². The molecule has 1 fully saturated rings. The SMILES string of the molecule is Fc1ccc(CC2CCN(Cc3ncc[nH]3)CC2)cc1. The highest BCUT2D eigenvalue weighted by molar-refractivity contribution is 5.16. The minimum absolute atomic E-state index is 0.151. The Kier molecular flexibility index (Phi) is 4.11. The fourth-order valence-electron chi connectivity index (χ4n) is 2.90. The second-order valence-electron chi connectivity index (χ2n) is 5.59. The van der Waals surface area contributed by atoms with Crippen LogP contribution in [0.5, 0.6) is 0 Å². The van der Waals surface area contributed by atoms with Gasteiger partial charge in [0, 0.05) is 12.4 Å². The fourth-order valence-corrected chi connectivity index (χ4v) is 2.90. The normalized spacial score (nSPS) is 17.4. The van der Waals surface area contributed by atoms with Crippen LogP contribution in [0.4, 0.5) is 4.39 Å². The van der Waals surface area contributed by atoms with E-state index in [1.54, 1.807) is 18.3 Å². The molecule has 1 N–H and O–H groups in total. The van der Waals surface area contributed by atoms with Crippen molar-refractivity contribution < 1.29 is 4.39 Å². The molecule has 0 spiro atoms. The number of piperidine rings is 1. The predicted octanol–water partition coefficient (Wildman–Crippen LogP) is 3.00. The molecule has 0 saturated carbocycles. The molecule has 20 heavy (non-hydrogen) atoms. The van der Waals surface area contributed by atoms with Gasteiger partial charge in [-0.3, -0.25) is 4.90 Å². The smallest absolute Gasteiger partial charge is 0.123 e. The number of aromatic amines is 1. The first-order chi connectivity index (χ1) is 9.79. The Hall–Kier alpha value is -1.68. The summed E-state index contributed by atoms with van der Waals surface area (Å²) < 4.78 is 12.9. The molecule has 0 aliphatic carbocycles. The maximum atomic E-state index is 12.9. The van der Waals surface area contributed by atoms with Gasteiger partial charge in [0.15, 0.2) is 0 Å². The van der Waals surface area contributed by atoms with Crippen LogP contribution in [0.3, 0.4) is 0 Å². The zero-order valence-corrected chi connectivity index (χ0v) is 11.6.